The van der Waals surface area contributed by atoms with Gasteiger partial charge in [-0.15, -0.1) is 0 Å². The van der Waals surface area contributed by atoms with Gasteiger partial charge in [-0.1, -0.05) is 47.5 Å². The highest BCUT2D eigenvalue weighted by atomic mass is 15.1. The summed E-state index contributed by atoms with van der Waals surface area (Å²) in [5, 5.41) is 3.72. The molecule has 0 saturated heterocycles. The van der Waals surface area contributed by atoms with Crippen LogP contribution in [0.2, 0.25) is 0 Å². The summed E-state index contributed by atoms with van der Waals surface area (Å²) in [6, 6.07) is 0. The number of rotatable bonds is 10. The van der Waals surface area contributed by atoms with E-state index in [1.807, 2.05) is 0 Å². The van der Waals surface area contributed by atoms with Gasteiger partial charge >= 0.3 is 0 Å². The van der Waals surface area contributed by atoms with Crippen LogP contribution in [0.5, 0.6) is 0 Å². The molecule has 2 nitrogen and oxygen atoms in total. The lowest BCUT2D eigenvalue weighted by Crippen LogP contribution is -2.48. The van der Waals surface area contributed by atoms with Crippen LogP contribution < -0.4 is 5.32 Å². The minimum Gasteiger partial charge on any atom is -0.311 e. The van der Waals surface area contributed by atoms with Crippen LogP contribution in [-0.2, 0) is 0 Å². The molecule has 0 aliphatic rings. The molecular weight excluding hydrogens is 244 g/mol. The second kappa shape index (κ2) is 9.04. The van der Waals surface area contributed by atoms with E-state index in [1.165, 1.54) is 38.9 Å². The van der Waals surface area contributed by atoms with Crippen molar-refractivity contribution in [3.63, 3.8) is 0 Å². The summed E-state index contributed by atoms with van der Waals surface area (Å²) in [6.45, 7) is 23.2. The summed E-state index contributed by atoms with van der Waals surface area (Å²) < 4.78 is 0. The normalized spacial score (nSPS) is 17.2. The fraction of sp³-hybridized carbons (Fsp3) is 1.00. The van der Waals surface area contributed by atoms with Crippen molar-refractivity contribution < 1.29 is 0 Å². The van der Waals surface area contributed by atoms with Gasteiger partial charge in [-0.25, -0.2) is 0 Å². The molecule has 0 bridgehead atoms. The minimum atomic E-state index is 0.211. The van der Waals surface area contributed by atoms with Gasteiger partial charge < -0.3 is 10.2 Å². The monoisotopic (exact) mass is 284 g/mol. The molecule has 0 aliphatic heterocycles. The second-order valence-electron chi connectivity index (χ2n) is 8.01. The third kappa shape index (κ3) is 8.97. The van der Waals surface area contributed by atoms with Crippen molar-refractivity contribution in [1.82, 2.24) is 10.2 Å². The van der Waals surface area contributed by atoms with Crippen molar-refractivity contribution in [1.29, 1.82) is 0 Å². The molecular formula is C18H40N2. The van der Waals surface area contributed by atoms with Crippen LogP contribution in [0, 0.1) is 11.3 Å². The van der Waals surface area contributed by atoms with Crippen molar-refractivity contribution in [2.45, 2.75) is 80.2 Å². The fourth-order valence-electron chi connectivity index (χ4n) is 2.72. The van der Waals surface area contributed by atoms with Crippen molar-refractivity contribution >= 4 is 0 Å². The van der Waals surface area contributed by atoms with E-state index in [2.05, 4.69) is 65.6 Å². The maximum atomic E-state index is 3.72. The summed E-state index contributed by atoms with van der Waals surface area (Å²) in [4.78, 5) is 2.65. The zero-order chi connectivity index (χ0) is 15.8. The fourth-order valence-corrected chi connectivity index (χ4v) is 2.72. The SMILES string of the molecule is CCCC(C)(CNC(C)(C)C)CN(CC)CC(C)CC. The molecule has 122 valence electrons. The highest BCUT2D eigenvalue weighted by Crippen LogP contribution is 2.25. The number of hydrogen-bond donors (Lipinski definition) is 1. The molecule has 2 atom stereocenters. The molecule has 0 aromatic heterocycles. The van der Waals surface area contributed by atoms with E-state index in [1.54, 1.807) is 0 Å². The molecule has 0 radical (unpaired) electrons. The van der Waals surface area contributed by atoms with Gasteiger partial charge in [0.1, 0.15) is 0 Å². The van der Waals surface area contributed by atoms with Crippen LogP contribution in [-0.4, -0.2) is 36.6 Å². The molecule has 0 spiro atoms. The predicted molar refractivity (Wildman–Crippen MR) is 92.3 cm³/mol. The standard InChI is InChI=1S/C18H40N2/c1-9-12-18(8,14-19-17(5,6)7)15-20(11-3)13-16(4)10-2/h16,19H,9-15H2,1-8H3. The van der Waals surface area contributed by atoms with E-state index in [4.69, 9.17) is 0 Å². The van der Waals surface area contributed by atoms with Gasteiger partial charge in [0.2, 0.25) is 0 Å². The first kappa shape index (κ1) is 19.9. The van der Waals surface area contributed by atoms with E-state index >= 15 is 0 Å². The van der Waals surface area contributed by atoms with E-state index in [0.717, 1.165) is 12.5 Å². The summed E-state index contributed by atoms with van der Waals surface area (Å²) in [7, 11) is 0. The molecule has 0 aliphatic carbocycles. The average molecular weight is 285 g/mol. The van der Waals surface area contributed by atoms with Crippen LogP contribution in [0.3, 0.4) is 0 Å². The van der Waals surface area contributed by atoms with Crippen molar-refractivity contribution in [2.75, 3.05) is 26.2 Å². The van der Waals surface area contributed by atoms with E-state index in [0.29, 0.717) is 5.41 Å². The van der Waals surface area contributed by atoms with Gasteiger partial charge in [0.25, 0.3) is 0 Å². The Labute approximate surface area is 128 Å². The second-order valence-corrected chi connectivity index (χ2v) is 8.01. The molecule has 0 saturated carbocycles. The zero-order valence-electron chi connectivity index (χ0n) is 15.5. The maximum Gasteiger partial charge on any atom is 0.00967 e. The molecule has 2 heteroatoms. The van der Waals surface area contributed by atoms with Crippen LogP contribution in [0.4, 0.5) is 0 Å². The first-order valence-electron chi connectivity index (χ1n) is 8.63. The van der Waals surface area contributed by atoms with E-state index < -0.39 is 0 Å². The zero-order valence-corrected chi connectivity index (χ0v) is 15.5. The molecule has 0 heterocycles. The van der Waals surface area contributed by atoms with E-state index in [9.17, 15) is 0 Å². The Morgan fingerprint density at radius 1 is 1.05 bits per heavy atom. The van der Waals surface area contributed by atoms with Gasteiger partial charge in [0, 0.05) is 25.2 Å². The Hall–Kier alpha value is -0.0800. The lowest BCUT2D eigenvalue weighted by Gasteiger charge is -2.38. The molecule has 20 heavy (non-hydrogen) atoms. The number of nitrogens with one attached hydrogen (secondary N) is 1. The van der Waals surface area contributed by atoms with Crippen molar-refractivity contribution in [3.05, 3.63) is 0 Å². The number of nitrogens with zero attached hydrogens (tertiary/aromatic N) is 1. The van der Waals surface area contributed by atoms with Gasteiger partial charge in [-0.2, -0.15) is 0 Å². The quantitative estimate of drug-likeness (QED) is 0.633. The van der Waals surface area contributed by atoms with Crippen LogP contribution in [0.15, 0.2) is 0 Å². The smallest absolute Gasteiger partial charge is 0.00967 e. The molecule has 0 amide bonds. The third-order valence-electron chi connectivity index (χ3n) is 4.22. The Kier molecular flexibility index (Phi) is 9.01. The molecule has 2 unspecified atom stereocenters. The minimum absolute atomic E-state index is 0.211. The molecule has 0 aromatic carbocycles. The summed E-state index contributed by atoms with van der Waals surface area (Å²) in [6.07, 6.45) is 3.84. The van der Waals surface area contributed by atoms with Crippen molar-refractivity contribution in [3.8, 4) is 0 Å². The highest BCUT2D eigenvalue weighted by Gasteiger charge is 2.27. The lowest BCUT2D eigenvalue weighted by molar-refractivity contribution is 0.132. The Morgan fingerprint density at radius 3 is 2.05 bits per heavy atom. The maximum absolute atomic E-state index is 3.72. The highest BCUT2D eigenvalue weighted by molar-refractivity contribution is 4.84. The third-order valence-corrected chi connectivity index (χ3v) is 4.22. The lowest BCUT2D eigenvalue weighted by atomic mass is 9.83. The predicted octanol–water partition coefficient (Wildman–Crippen LogP) is 4.55. The van der Waals surface area contributed by atoms with Crippen LogP contribution >= 0.6 is 0 Å². The molecule has 1 N–H and O–H groups in total. The first-order chi connectivity index (χ1) is 9.15. The van der Waals surface area contributed by atoms with Crippen molar-refractivity contribution in [2.24, 2.45) is 11.3 Å². The molecule has 0 aromatic rings. The van der Waals surface area contributed by atoms with Gasteiger partial charge in [-0.05, 0) is 45.1 Å². The number of hydrogen-bond acceptors (Lipinski definition) is 2. The van der Waals surface area contributed by atoms with Gasteiger partial charge in [0.05, 0.1) is 0 Å². The Morgan fingerprint density at radius 2 is 1.65 bits per heavy atom. The summed E-state index contributed by atoms with van der Waals surface area (Å²) in [5.41, 5.74) is 0.592. The Bertz CT molecular complexity index is 244. The average Bonchev–Trinajstić information content (AvgIpc) is 2.35. The largest absolute Gasteiger partial charge is 0.311 e. The summed E-state index contributed by atoms with van der Waals surface area (Å²) in [5.74, 6) is 0.802. The topological polar surface area (TPSA) is 15.3 Å². The Balaban J connectivity index is 4.61. The molecule has 0 rings (SSSR count). The van der Waals surface area contributed by atoms with E-state index in [-0.39, 0.29) is 5.54 Å². The summed E-state index contributed by atoms with van der Waals surface area (Å²) >= 11 is 0. The van der Waals surface area contributed by atoms with Gasteiger partial charge in [0.15, 0.2) is 0 Å². The van der Waals surface area contributed by atoms with Crippen LogP contribution in [0.25, 0.3) is 0 Å². The van der Waals surface area contributed by atoms with Crippen LogP contribution in [0.1, 0.15) is 74.7 Å². The first-order valence-corrected chi connectivity index (χ1v) is 8.63. The molecule has 0 fully saturated rings. The van der Waals surface area contributed by atoms with Gasteiger partial charge in [-0.3, -0.25) is 0 Å².